The van der Waals surface area contributed by atoms with Crippen LogP contribution in [0.25, 0.3) is 0 Å². The smallest absolute Gasteiger partial charge is 0.419 e. The minimum atomic E-state index is -4.76. The number of hydrogen-bond donors (Lipinski definition) is 1. The second-order valence-electron chi connectivity index (χ2n) is 10.6. The lowest BCUT2D eigenvalue weighted by molar-refractivity contribution is -0.139. The molecule has 214 valence electrons. The number of likely N-dealkylation sites (tertiary alicyclic amines) is 1. The zero-order chi connectivity index (χ0) is 29.3. The van der Waals surface area contributed by atoms with Crippen molar-refractivity contribution in [1.82, 2.24) is 9.80 Å². The van der Waals surface area contributed by atoms with Crippen molar-refractivity contribution >= 4 is 11.6 Å². The average molecular weight is 570 g/mol. The molecule has 1 amide bonds. The van der Waals surface area contributed by atoms with Crippen LogP contribution in [0, 0.1) is 0 Å². The molecule has 42 heavy (non-hydrogen) atoms. The van der Waals surface area contributed by atoms with Crippen molar-refractivity contribution < 1.29 is 23.1 Å². The first-order valence-electron chi connectivity index (χ1n) is 13.9. The van der Waals surface area contributed by atoms with Crippen molar-refractivity contribution in [2.45, 2.75) is 24.6 Å². The molecule has 5 nitrogen and oxygen atoms in total. The summed E-state index contributed by atoms with van der Waals surface area (Å²) in [4.78, 5) is 18.5. The third-order valence-corrected chi connectivity index (χ3v) is 8.10. The molecule has 1 fully saturated rings. The van der Waals surface area contributed by atoms with Gasteiger partial charge in [-0.15, -0.1) is 0 Å². The van der Waals surface area contributed by atoms with E-state index in [2.05, 4.69) is 41.3 Å². The number of carbonyl (C=O) groups is 1. The largest absolute Gasteiger partial charge is 0.507 e. The molecule has 2 aliphatic heterocycles. The van der Waals surface area contributed by atoms with Crippen molar-refractivity contribution in [3.05, 3.63) is 143 Å². The van der Waals surface area contributed by atoms with Gasteiger partial charge in [0.25, 0.3) is 0 Å². The Morgan fingerprint density at radius 2 is 1.29 bits per heavy atom. The predicted octanol–water partition coefficient (Wildman–Crippen LogP) is 6.73. The Balaban J connectivity index is 1.46. The van der Waals surface area contributed by atoms with Crippen LogP contribution in [0.2, 0.25) is 0 Å². The fourth-order valence-corrected chi connectivity index (χ4v) is 5.93. The summed E-state index contributed by atoms with van der Waals surface area (Å²) in [5, 5.41) is 10.5. The van der Waals surface area contributed by atoms with E-state index >= 15 is 0 Å². The Kier molecular flexibility index (Phi) is 7.14. The number of aromatic hydroxyl groups is 1. The molecule has 0 saturated carbocycles. The van der Waals surface area contributed by atoms with Crippen LogP contribution >= 0.6 is 0 Å². The second-order valence-corrected chi connectivity index (χ2v) is 10.6. The van der Waals surface area contributed by atoms with Gasteiger partial charge in [0.05, 0.1) is 18.7 Å². The van der Waals surface area contributed by atoms with Gasteiger partial charge in [-0.2, -0.15) is 13.2 Å². The zero-order valence-corrected chi connectivity index (χ0v) is 22.8. The van der Waals surface area contributed by atoms with Crippen molar-refractivity contribution in [3.8, 4) is 5.75 Å². The summed E-state index contributed by atoms with van der Waals surface area (Å²) in [6.45, 7) is 1.46. The van der Waals surface area contributed by atoms with Gasteiger partial charge in [0.2, 0.25) is 5.91 Å². The molecular weight excluding hydrogens is 539 g/mol. The van der Waals surface area contributed by atoms with Crippen LogP contribution in [0.15, 0.2) is 116 Å². The minimum Gasteiger partial charge on any atom is -0.507 e. The Bertz CT molecular complexity index is 1490. The summed E-state index contributed by atoms with van der Waals surface area (Å²) in [5.74, 6) is -1.10. The molecule has 0 radical (unpaired) electrons. The SMILES string of the molecule is O=C(Cc1cc(C(F)(F)F)c(O)cc1N1C=CN(C(c2ccccc2)(c2ccccc2)c2ccccc2)C1)N1CCC1. The number of alkyl halides is 3. The number of amides is 1. The first-order chi connectivity index (χ1) is 20.3. The van der Waals surface area contributed by atoms with E-state index in [1.807, 2.05) is 60.8 Å². The lowest BCUT2D eigenvalue weighted by Gasteiger charge is -2.44. The average Bonchev–Trinajstić information content (AvgIpc) is 3.45. The van der Waals surface area contributed by atoms with Gasteiger partial charge >= 0.3 is 6.18 Å². The van der Waals surface area contributed by atoms with Crippen molar-refractivity contribution in [1.29, 1.82) is 0 Å². The normalized spacial score (nSPS) is 15.2. The summed E-state index contributed by atoms with van der Waals surface area (Å²) in [6, 6.07) is 32.3. The van der Waals surface area contributed by atoms with Crippen molar-refractivity contribution in [2.75, 3.05) is 24.7 Å². The van der Waals surface area contributed by atoms with Crippen LogP contribution in [0.5, 0.6) is 5.75 Å². The quantitative estimate of drug-likeness (QED) is 0.251. The number of anilines is 1. The van der Waals surface area contributed by atoms with E-state index < -0.39 is 23.0 Å². The monoisotopic (exact) mass is 569 g/mol. The lowest BCUT2D eigenvalue weighted by atomic mass is 9.76. The second kappa shape index (κ2) is 10.9. The number of halogens is 3. The summed E-state index contributed by atoms with van der Waals surface area (Å²) in [6.07, 6.45) is -0.352. The number of hydrogen-bond acceptors (Lipinski definition) is 4. The van der Waals surface area contributed by atoms with E-state index in [0.717, 1.165) is 35.2 Å². The highest BCUT2D eigenvalue weighted by Crippen LogP contribution is 2.46. The Labute approximate surface area is 242 Å². The van der Waals surface area contributed by atoms with Crippen molar-refractivity contribution in [3.63, 3.8) is 0 Å². The molecule has 0 bridgehead atoms. The van der Waals surface area contributed by atoms with Crippen LogP contribution in [-0.2, 0) is 22.9 Å². The van der Waals surface area contributed by atoms with Crippen LogP contribution < -0.4 is 4.90 Å². The molecule has 0 spiro atoms. The third kappa shape index (κ3) is 4.87. The number of rotatable bonds is 7. The van der Waals surface area contributed by atoms with Gasteiger partial charge in [-0.1, -0.05) is 91.0 Å². The number of phenolic OH excluding ortho intramolecular Hbond substituents is 1. The number of benzene rings is 4. The van der Waals surface area contributed by atoms with Crippen LogP contribution in [0.3, 0.4) is 0 Å². The minimum absolute atomic E-state index is 0.190. The summed E-state index contributed by atoms with van der Waals surface area (Å²) < 4.78 is 41.4. The maximum absolute atomic E-state index is 13.8. The Morgan fingerprint density at radius 1 is 0.762 bits per heavy atom. The fourth-order valence-electron chi connectivity index (χ4n) is 5.93. The van der Waals surface area contributed by atoms with E-state index in [1.165, 1.54) is 0 Å². The maximum Gasteiger partial charge on any atom is 0.419 e. The topological polar surface area (TPSA) is 47.0 Å². The van der Waals surface area contributed by atoms with E-state index in [-0.39, 0.29) is 24.6 Å². The van der Waals surface area contributed by atoms with E-state index in [4.69, 9.17) is 0 Å². The standard InChI is InChI=1S/C34H30F3N3O2/c35-34(36,37)29-21-25(22-32(42)38-17-10-18-38)30(23-31(29)41)39-19-20-40(24-39)33(26-11-4-1-5-12-26,27-13-6-2-7-14-27)28-15-8-3-9-16-28/h1-9,11-16,19-21,23,41H,10,17-18,22,24H2. The lowest BCUT2D eigenvalue weighted by Crippen LogP contribution is -2.46. The number of nitrogens with zero attached hydrogens (tertiary/aromatic N) is 3. The summed E-state index contributed by atoms with van der Waals surface area (Å²) in [5.41, 5.74) is 1.68. The van der Waals surface area contributed by atoms with Crippen molar-refractivity contribution in [2.24, 2.45) is 0 Å². The van der Waals surface area contributed by atoms with E-state index in [9.17, 15) is 23.1 Å². The fraction of sp³-hybridized carbons (Fsp3) is 0.206. The first-order valence-corrected chi connectivity index (χ1v) is 13.9. The van der Waals surface area contributed by atoms with E-state index in [1.54, 1.807) is 16.0 Å². The Hall–Kier alpha value is -4.72. The van der Waals surface area contributed by atoms with Crippen LogP contribution in [-0.4, -0.2) is 40.6 Å². The van der Waals surface area contributed by atoms with Gasteiger partial charge in [0.1, 0.15) is 11.3 Å². The number of phenols is 1. The highest BCUT2D eigenvalue weighted by molar-refractivity contribution is 5.82. The predicted molar refractivity (Wildman–Crippen MR) is 156 cm³/mol. The van der Waals surface area contributed by atoms with Gasteiger partial charge < -0.3 is 19.8 Å². The van der Waals surface area contributed by atoms with Crippen LogP contribution in [0.1, 0.15) is 34.2 Å². The third-order valence-electron chi connectivity index (χ3n) is 8.10. The molecule has 1 saturated heterocycles. The molecule has 0 aliphatic carbocycles. The van der Waals surface area contributed by atoms with Gasteiger partial charge in [0, 0.05) is 37.2 Å². The van der Waals surface area contributed by atoms with Crippen LogP contribution in [0.4, 0.5) is 18.9 Å². The van der Waals surface area contributed by atoms with Gasteiger partial charge in [-0.05, 0) is 34.7 Å². The molecule has 0 aromatic heterocycles. The number of carbonyl (C=O) groups excluding carboxylic acids is 1. The molecule has 4 aromatic carbocycles. The van der Waals surface area contributed by atoms with Gasteiger partial charge in [0.15, 0.2) is 0 Å². The molecule has 0 atom stereocenters. The molecule has 1 N–H and O–H groups in total. The first kappa shape index (κ1) is 27.4. The summed E-state index contributed by atoms with van der Waals surface area (Å²) >= 11 is 0. The molecule has 2 heterocycles. The van der Waals surface area contributed by atoms with E-state index in [0.29, 0.717) is 18.8 Å². The highest BCUT2D eigenvalue weighted by Gasteiger charge is 2.43. The molecule has 4 aromatic rings. The highest BCUT2D eigenvalue weighted by atomic mass is 19.4. The molecule has 0 unspecified atom stereocenters. The Morgan fingerprint density at radius 3 is 1.74 bits per heavy atom. The van der Waals surface area contributed by atoms with Gasteiger partial charge in [-0.3, -0.25) is 4.79 Å². The molecule has 6 rings (SSSR count). The molecular formula is C34H30F3N3O2. The molecule has 8 heteroatoms. The van der Waals surface area contributed by atoms with Gasteiger partial charge in [-0.25, -0.2) is 0 Å². The maximum atomic E-state index is 13.8. The zero-order valence-electron chi connectivity index (χ0n) is 22.8. The molecule has 2 aliphatic rings. The summed E-state index contributed by atoms with van der Waals surface area (Å²) in [7, 11) is 0.